The number of aromatic amines is 1. The van der Waals surface area contributed by atoms with E-state index in [1.165, 1.54) is 10.9 Å². The van der Waals surface area contributed by atoms with Gasteiger partial charge in [0, 0.05) is 6.20 Å². The first-order valence-corrected chi connectivity index (χ1v) is 4.11. The molecule has 0 radical (unpaired) electrons. The average molecular weight is 184 g/mol. The molecule has 0 bridgehead atoms. The smallest absolute Gasteiger partial charge is 0.342 e. The Labute approximate surface area is 75.0 Å². The summed E-state index contributed by atoms with van der Waals surface area (Å²) in [6, 6.07) is 0.000556. The lowest BCUT2D eigenvalue weighted by molar-refractivity contribution is 0.0695. The molecular weight excluding hydrogens is 172 g/mol. The lowest BCUT2D eigenvalue weighted by Crippen LogP contribution is -2.23. The number of carboxylic acid groups (broad SMARTS) is 1. The van der Waals surface area contributed by atoms with Crippen molar-refractivity contribution < 1.29 is 9.90 Å². The van der Waals surface area contributed by atoms with Gasteiger partial charge in [-0.1, -0.05) is 6.92 Å². The van der Waals surface area contributed by atoms with Gasteiger partial charge >= 0.3 is 5.97 Å². The number of hydrogen-bond donors (Lipinski definition) is 2. The molecule has 1 aromatic heterocycles. The van der Waals surface area contributed by atoms with Gasteiger partial charge < -0.3 is 10.2 Å². The van der Waals surface area contributed by atoms with Crippen LogP contribution in [0.15, 0.2) is 11.0 Å². The Bertz CT molecular complexity index is 364. The lowest BCUT2D eigenvalue weighted by Gasteiger charge is -2.07. The third-order valence-electron chi connectivity index (χ3n) is 2.06. The summed E-state index contributed by atoms with van der Waals surface area (Å²) in [6.45, 7) is 3.78. The Balaban J connectivity index is 3.14. The first-order valence-electron chi connectivity index (χ1n) is 4.11. The van der Waals surface area contributed by atoms with E-state index in [0.29, 0.717) is 0 Å². The van der Waals surface area contributed by atoms with Gasteiger partial charge in [0.1, 0.15) is 5.56 Å². The Kier molecular flexibility index (Phi) is 2.55. The molecule has 0 aliphatic carbocycles. The second-order valence-electron chi connectivity index (χ2n) is 2.92. The van der Waals surface area contributed by atoms with Crippen LogP contribution >= 0.6 is 0 Å². The quantitative estimate of drug-likeness (QED) is 0.731. The summed E-state index contributed by atoms with van der Waals surface area (Å²) in [4.78, 5) is 21.9. The van der Waals surface area contributed by atoms with Crippen molar-refractivity contribution in [3.63, 3.8) is 0 Å². The van der Waals surface area contributed by atoms with Crippen molar-refractivity contribution in [2.45, 2.75) is 26.3 Å². The van der Waals surface area contributed by atoms with E-state index in [0.717, 1.165) is 6.42 Å². The van der Waals surface area contributed by atoms with E-state index in [4.69, 9.17) is 5.11 Å². The van der Waals surface area contributed by atoms with E-state index >= 15 is 0 Å². The number of nitrogens with zero attached hydrogens (tertiary/aromatic N) is 1. The van der Waals surface area contributed by atoms with Crippen LogP contribution in [-0.2, 0) is 0 Å². The number of rotatable bonds is 3. The molecule has 1 aromatic rings. The molecule has 0 aliphatic rings. The lowest BCUT2D eigenvalue weighted by atomic mass is 10.3. The maximum Gasteiger partial charge on any atom is 0.342 e. The van der Waals surface area contributed by atoms with Gasteiger partial charge in [0.15, 0.2) is 0 Å². The second kappa shape index (κ2) is 3.47. The monoisotopic (exact) mass is 184 g/mol. The van der Waals surface area contributed by atoms with Crippen LogP contribution < -0.4 is 5.56 Å². The number of aromatic carboxylic acids is 1. The summed E-state index contributed by atoms with van der Waals surface area (Å²) in [5.41, 5.74) is -0.679. The fourth-order valence-electron chi connectivity index (χ4n) is 1.05. The summed E-state index contributed by atoms with van der Waals surface area (Å²) >= 11 is 0. The van der Waals surface area contributed by atoms with Gasteiger partial charge in [0.2, 0.25) is 0 Å². The molecule has 1 rings (SSSR count). The first-order chi connectivity index (χ1) is 6.07. The van der Waals surface area contributed by atoms with Crippen LogP contribution in [-0.4, -0.2) is 20.9 Å². The fourth-order valence-corrected chi connectivity index (χ4v) is 1.05. The van der Waals surface area contributed by atoms with E-state index in [1.807, 2.05) is 13.8 Å². The van der Waals surface area contributed by atoms with Gasteiger partial charge in [-0.25, -0.2) is 9.48 Å². The average Bonchev–Trinajstić information content (AvgIpc) is 2.46. The molecule has 5 heteroatoms. The van der Waals surface area contributed by atoms with Crippen LogP contribution in [0, 0.1) is 0 Å². The van der Waals surface area contributed by atoms with Crippen LogP contribution in [0.5, 0.6) is 0 Å². The number of carbonyl (C=O) groups is 1. The predicted molar refractivity (Wildman–Crippen MR) is 47.0 cm³/mol. The molecule has 72 valence electrons. The third kappa shape index (κ3) is 1.63. The van der Waals surface area contributed by atoms with Crippen LogP contribution in [0.3, 0.4) is 0 Å². The molecule has 0 aliphatic heterocycles. The van der Waals surface area contributed by atoms with E-state index < -0.39 is 11.5 Å². The van der Waals surface area contributed by atoms with Gasteiger partial charge in [0.25, 0.3) is 5.56 Å². The van der Waals surface area contributed by atoms with Gasteiger partial charge in [-0.15, -0.1) is 0 Å². The third-order valence-corrected chi connectivity index (χ3v) is 2.06. The van der Waals surface area contributed by atoms with E-state index in [-0.39, 0.29) is 11.6 Å². The maximum atomic E-state index is 11.4. The zero-order valence-electron chi connectivity index (χ0n) is 7.57. The minimum atomic E-state index is -1.19. The highest BCUT2D eigenvalue weighted by Crippen LogP contribution is 2.05. The number of nitrogens with one attached hydrogen (secondary N) is 1. The molecule has 1 unspecified atom stereocenters. The number of H-pyrrole nitrogens is 1. The fraction of sp³-hybridized carbons (Fsp3) is 0.500. The Hall–Kier alpha value is -1.52. The van der Waals surface area contributed by atoms with Gasteiger partial charge in [-0.05, 0) is 13.3 Å². The van der Waals surface area contributed by atoms with Crippen molar-refractivity contribution >= 4 is 5.97 Å². The SMILES string of the molecule is CCC(C)n1[nH]cc(C(=O)O)c1=O. The molecule has 2 N–H and O–H groups in total. The zero-order chi connectivity index (χ0) is 10.0. The molecule has 0 fully saturated rings. The summed E-state index contributed by atoms with van der Waals surface area (Å²) in [7, 11) is 0. The minimum absolute atomic E-state index is 0.000556. The number of hydrogen-bond acceptors (Lipinski definition) is 2. The van der Waals surface area contributed by atoms with Crippen molar-refractivity contribution in [2.75, 3.05) is 0 Å². The van der Waals surface area contributed by atoms with Crippen LogP contribution in [0.25, 0.3) is 0 Å². The minimum Gasteiger partial charge on any atom is -0.477 e. The molecule has 1 heterocycles. The Morgan fingerprint density at radius 1 is 1.77 bits per heavy atom. The van der Waals surface area contributed by atoms with Gasteiger partial charge in [-0.3, -0.25) is 4.79 Å². The number of carboxylic acids is 1. The van der Waals surface area contributed by atoms with Crippen molar-refractivity contribution in [1.29, 1.82) is 0 Å². The van der Waals surface area contributed by atoms with Crippen LogP contribution in [0.1, 0.15) is 36.7 Å². The van der Waals surface area contributed by atoms with Crippen LogP contribution in [0.4, 0.5) is 0 Å². The zero-order valence-corrected chi connectivity index (χ0v) is 7.57. The second-order valence-corrected chi connectivity index (χ2v) is 2.92. The van der Waals surface area contributed by atoms with E-state index in [2.05, 4.69) is 5.10 Å². The van der Waals surface area contributed by atoms with Crippen molar-refractivity contribution in [3.8, 4) is 0 Å². The molecule has 0 aromatic carbocycles. The Morgan fingerprint density at radius 2 is 2.38 bits per heavy atom. The predicted octanol–water partition coefficient (Wildman–Crippen LogP) is 0.846. The van der Waals surface area contributed by atoms with E-state index in [1.54, 1.807) is 0 Å². The highest BCUT2D eigenvalue weighted by Gasteiger charge is 2.14. The highest BCUT2D eigenvalue weighted by molar-refractivity contribution is 5.86. The largest absolute Gasteiger partial charge is 0.477 e. The molecule has 5 nitrogen and oxygen atoms in total. The highest BCUT2D eigenvalue weighted by atomic mass is 16.4. The van der Waals surface area contributed by atoms with Gasteiger partial charge in [0.05, 0.1) is 6.04 Å². The normalized spacial score (nSPS) is 12.8. The molecule has 0 spiro atoms. The molecular formula is C8H12N2O3. The molecule has 13 heavy (non-hydrogen) atoms. The maximum absolute atomic E-state index is 11.4. The van der Waals surface area contributed by atoms with Crippen molar-refractivity contribution in [1.82, 2.24) is 9.78 Å². The molecule has 1 atom stereocenters. The topological polar surface area (TPSA) is 75.1 Å². The molecule has 0 amide bonds. The summed E-state index contributed by atoms with van der Waals surface area (Å²) < 4.78 is 1.32. The van der Waals surface area contributed by atoms with Crippen molar-refractivity contribution in [2.24, 2.45) is 0 Å². The first kappa shape index (κ1) is 9.57. The van der Waals surface area contributed by atoms with Gasteiger partial charge in [-0.2, -0.15) is 0 Å². The Morgan fingerprint density at radius 3 is 2.77 bits per heavy atom. The summed E-state index contributed by atoms with van der Waals surface area (Å²) in [5.74, 6) is -1.19. The van der Waals surface area contributed by atoms with E-state index in [9.17, 15) is 9.59 Å². The molecule has 0 saturated heterocycles. The summed E-state index contributed by atoms with van der Waals surface area (Å²) in [5, 5.41) is 11.2. The standard InChI is InChI=1S/C8H12N2O3/c1-3-5(2)10-7(11)6(4-9-10)8(12)13/h4-5,9H,3H2,1-2H3,(H,12,13). The summed E-state index contributed by atoms with van der Waals surface area (Å²) in [6.07, 6.45) is 2.00. The number of aromatic nitrogens is 2. The molecule has 0 saturated carbocycles. The van der Waals surface area contributed by atoms with Crippen molar-refractivity contribution in [3.05, 3.63) is 22.1 Å². The van der Waals surface area contributed by atoms with Crippen LogP contribution in [0.2, 0.25) is 0 Å².